The van der Waals surface area contributed by atoms with Crippen molar-refractivity contribution in [3.05, 3.63) is 83.9 Å². The number of hydrogen-bond acceptors (Lipinski definition) is 3. The van der Waals surface area contributed by atoms with E-state index in [1.165, 1.54) is 30.3 Å². The molecular formula is C26H23F3O4. The van der Waals surface area contributed by atoms with E-state index in [0.29, 0.717) is 28.2 Å². The van der Waals surface area contributed by atoms with Crippen LogP contribution in [0.15, 0.2) is 72.8 Å². The van der Waals surface area contributed by atoms with Crippen LogP contribution in [-0.4, -0.2) is 17.4 Å². The first-order valence-corrected chi connectivity index (χ1v) is 10.1. The number of ether oxygens (including phenoxy) is 2. The lowest BCUT2D eigenvalue weighted by atomic mass is 9.87. The van der Waals surface area contributed by atoms with Crippen molar-refractivity contribution in [3.63, 3.8) is 0 Å². The van der Waals surface area contributed by atoms with Crippen LogP contribution in [0.4, 0.5) is 13.2 Å². The van der Waals surface area contributed by atoms with Gasteiger partial charge in [0.15, 0.2) is 0 Å². The molecule has 0 radical (unpaired) electrons. The first-order chi connectivity index (χ1) is 15.4. The fraction of sp³-hybridized carbons (Fsp3) is 0.192. The van der Waals surface area contributed by atoms with Gasteiger partial charge in [-0.05, 0) is 58.5 Å². The zero-order valence-electron chi connectivity index (χ0n) is 18.3. The zero-order chi connectivity index (χ0) is 24.2. The van der Waals surface area contributed by atoms with Gasteiger partial charge >= 0.3 is 12.3 Å². The Morgan fingerprint density at radius 1 is 0.879 bits per heavy atom. The molecule has 0 aliphatic carbocycles. The van der Waals surface area contributed by atoms with E-state index in [2.05, 4.69) is 25.5 Å². The average molecular weight is 456 g/mol. The van der Waals surface area contributed by atoms with E-state index >= 15 is 0 Å². The first kappa shape index (κ1) is 23.9. The Morgan fingerprint density at radius 2 is 1.55 bits per heavy atom. The Balaban J connectivity index is 1.97. The van der Waals surface area contributed by atoms with Gasteiger partial charge in [0, 0.05) is 11.6 Å². The molecule has 0 saturated heterocycles. The molecule has 7 heteroatoms. The van der Waals surface area contributed by atoms with Crippen LogP contribution in [0.1, 0.15) is 31.9 Å². The minimum absolute atomic E-state index is 0.0898. The van der Waals surface area contributed by atoms with Crippen molar-refractivity contribution in [2.24, 2.45) is 0 Å². The van der Waals surface area contributed by atoms with E-state index < -0.39 is 12.3 Å². The highest BCUT2D eigenvalue weighted by atomic mass is 19.4. The van der Waals surface area contributed by atoms with Crippen LogP contribution in [0.3, 0.4) is 0 Å². The van der Waals surface area contributed by atoms with Gasteiger partial charge in [0.2, 0.25) is 0 Å². The number of rotatable bonds is 6. The maximum atomic E-state index is 12.4. The summed E-state index contributed by atoms with van der Waals surface area (Å²) in [5.74, 6) is -0.423. The number of carboxylic acids is 1. The smallest absolute Gasteiger partial charge is 0.478 e. The molecule has 0 fully saturated rings. The van der Waals surface area contributed by atoms with E-state index in [-0.39, 0.29) is 11.2 Å². The third-order valence-corrected chi connectivity index (χ3v) is 4.77. The maximum Gasteiger partial charge on any atom is 0.573 e. The molecule has 0 aliphatic heterocycles. The Labute approximate surface area is 189 Å². The largest absolute Gasteiger partial charge is 0.573 e. The quantitative estimate of drug-likeness (QED) is 0.392. The van der Waals surface area contributed by atoms with E-state index in [9.17, 15) is 18.0 Å². The van der Waals surface area contributed by atoms with Crippen LogP contribution in [0.2, 0.25) is 0 Å². The standard InChI is InChI=1S/C26H23F3O4/c1-25(2,3)20-5-4-6-22(16-20)32-23-15-19(8-7-18(23)11-14-24(30)31)17-9-12-21(13-10-17)33-26(27,28)29/h4-16H,1-3H3,(H,30,31)/b14-11+. The summed E-state index contributed by atoms with van der Waals surface area (Å²) in [6, 6.07) is 18.2. The highest BCUT2D eigenvalue weighted by Crippen LogP contribution is 2.34. The molecule has 0 spiro atoms. The van der Waals surface area contributed by atoms with Crippen molar-refractivity contribution in [3.8, 4) is 28.4 Å². The van der Waals surface area contributed by atoms with E-state index in [0.717, 1.165) is 11.6 Å². The van der Waals surface area contributed by atoms with Crippen LogP contribution >= 0.6 is 0 Å². The van der Waals surface area contributed by atoms with Gasteiger partial charge < -0.3 is 14.6 Å². The van der Waals surface area contributed by atoms with Crippen LogP contribution in [0.5, 0.6) is 17.2 Å². The van der Waals surface area contributed by atoms with Crippen LogP contribution in [-0.2, 0) is 10.2 Å². The molecule has 4 nitrogen and oxygen atoms in total. The monoisotopic (exact) mass is 456 g/mol. The number of benzene rings is 3. The summed E-state index contributed by atoms with van der Waals surface area (Å²) in [4.78, 5) is 11.0. The molecule has 0 aliphatic rings. The van der Waals surface area contributed by atoms with Crippen LogP contribution in [0.25, 0.3) is 17.2 Å². The van der Waals surface area contributed by atoms with Gasteiger partial charge in [0.25, 0.3) is 0 Å². The number of aliphatic carboxylic acids is 1. The van der Waals surface area contributed by atoms with Crippen LogP contribution < -0.4 is 9.47 Å². The highest BCUT2D eigenvalue weighted by molar-refractivity contribution is 5.86. The molecule has 3 aromatic rings. The minimum Gasteiger partial charge on any atom is -0.478 e. The summed E-state index contributed by atoms with van der Waals surface area (Å²) in [6.07, 6.45) is -2.33. The normalized spacial score (nSPS) is 12.1. The van der Waals surface area contributed by atoms with Gasteiger partial charge in [0.05, 0.1) is 0 Å². The molecule has 0 saturated carbocycles. The lowest BCUT2D eigenvalue weighted by Crippen LogP contribution is -2.16. The highest BCUT2D eigenvalue weighted by Gasteiger charge is 2.31. The zero-order valence-corrected chi connectivity index (χ0v) is 18.3. The Hall–Kier alpha value is -3.74. The molecule has 0 aromatic heterocycles. The summed E-state index contributed by atoms with van der Waals surface area (Å²) in [7, 11) is 0. The molecule has 0 unspecified atom stereocenters. The second-order valence-corrected chi connectivity index (χ2v) is 8.38. The molecule has 1 N–H and O–H groups in total. The van der Waals surface area contributed by atoms with Crippen molar-refractivity contribution >= 4 is 12.0 Å². The van der Waals surface area contributed by atoms with Gasteiger partial charge in [-0.3, -0.25) is 0 Å². The van der Waals surface area contributed by atoms with Crippen molar-refractivity contribution in [2.75, 3.05) is 0 Å². The second kappa shape index (κ2) is 9.40. The molecular weight excluding hydrogens is 433 g/mol. The SMILES string of the molecule is CC(C)(C)c1cccc(Oc2cc(-c3ccc(OC(F)(F)F)cc3)ccc2/C=C/C(=O)O)c1. The minimum atomic E-state index is -4.76. The number of carboxylic acid groups (broad SMARTS) is 1. The van der Waals surface area contributed by atoms with Crippen molar-refractivity contribution in [1.29, 1.82) is 0 Å². The molecule has 0 atom stereocenters. The summed E-state index contributed by atoms with van der Waals surface area (Å²) < 4.78 is 47.3. The predicted octanol–water partition coefficient (Wildman–Crippen LogP) is 7.44. The Kier molecular flexibility index (Phi) is 6.81. The first-order valence-electron chi connectivity index (χ1n) is 10.1. The molecule has 0 heterocycles. The summed E-state index contributed by atoms with van der Waals surface area (Å²) in [5, 5.41) is 9.00. The summed E-state index contributed by atoms with van der Waals surface area (Å²) >= 11 is 0. The molecule has 3 aromatic carbocycles. The fourth-order valence-electron chi connectivity index (χ4n) is 3.10. The third kappa shape index (κ3) is 6.87. The van der Waals surface area contributed by atoms with Gasteiger partial charge in [-0.2, -0.15) is 0 Å². The number of carbonyl (C=O) groups is 1. The van der Waals surface area contributed by atoms with E-state index in [1.807, 2.05) is 18.2 Å². The number of halogens is 3. The fourth-order valence-corrected chi connectivity index (χ4v) is 3.10. The Morgan fingerprint density at radius 3 is 2.15 bits per heavy atom. The summed E-state index contributed by atoms with van der Waals surface area (Å²) in [5.41, 5.74) is 2.85. The third-order valence-electron chi connectivity index (χ3n) is 4.77. The summed E-state index contributed by atoms with van der Waals surface area (Å²) in [6.45, 7) is 6.25. The molecule has 0 amide bonds. The maximum absolute atomic E-state index is 12.4. The lowest BCUT2D eigenvalue weighted by molar-refractivity contribution is -0.274. The molecule has 172 valence electrons. The molecule has 33 heavy (non-hydrogen) atoms. The number of hydrogen-bond donors (Lipinski definition) is 1. The topological polar surface area (TPSA) is 55.8 Å². The number of alkyl halides is 3. The van der Waals surface area contributed by atoms with Gasteiger partial charge in [-0.15, -0.1) is 13.2 Å². The Bertz CT molecular complexity index is 1160. The van der Waals surface area contributed by atoms with Gasteiger partial charge in [-0.1, -0.05) is 57.2 Å². The van der Waals surface area contributed by atoms with Crippen molar-refractivity contribution < 1.29 is 32.5 Å². The van der Waals surface area contributed by atoms with E-state index in [1.54, 1.807) is 24.3 Å². The van der Waals surface area contributed by atoms with Crippen molar-refractivity contribution in [2.45, 2.75) is 32.5 Å². The van der Waals surface area contributed by atoms with Gasteiger partial charge in [0.1, 0.15) is 17.2 Å². The van der Waals surface area contributed by atoms with E-state index in [4.69, 9.17) is 9.84 Å². The lowest BCUT2D eigenvalue weighted by Gasteiger charge is -2.20. The molecule has 3 rings (SSSR count). The average Bonchev–Trinajstić information content (AvgIpc) is 2.72. The molecule has 0 bridgehead atoms. The van der Waals surface area contributed by atoms with Crippen LogP contribution in [0, 0.1) is 0 Å². The predicted molar refractivity (Wildman–Crippen MR) is 120 cm³/mol. The second-order valence-electron chi connectivity index (χ2n) is 8.38. The van der Waals surface area contributed by atoms with Gasteiger partial charge in [-0.25, -0.2) is 4.79 Å². The van der Waals surface area contributed by atoms with Crippen molar-refractivity contribution in [1.82, 2.24) is 0 Å².